The Morgan fingerprint density at radius 1 is 1.07 bits per heavy atom. The van der Waals surface area contributed by atoms with Crippen molar-refractivity contribution >= 4 is 5.97 Å². The highest BCUT2D eigenvalue weighted by Crippen LogP contribution is 2.39. The molecule has 0 saturated heterocycles. The Kier molecular flexibility index (Phi) is 9.84. The summed E-state index contributed by atoms with van der Waals surface area (Å²) in [6.07, 6.45) is 3.61. The Hall–Kier alpha value is -1.70. The molecule has 0 heterocycles. The highest BCUT2D eigenvalue weighted by molar-refractivity contribution is 5.66. The molecule has 4 N–H and O–H groups in total. The van der Waals surface area contributed by atoms with Crippen LogP contribution in [0.2, 0.25) is 0 Å². The first-order chi connectivity index (χ1) is 13.9. The third-order valence-corrected chi connectivity index (χ3v) is 5.80. The molecule has 0 aliphatic heterocycles. The monoisotopic (exact) mass is 412 g/mol. The molecule has 164 valence electrons. The van der Waals surface area contributed by atoms with Gasteiger partial charge in [0.2, 0.25) is 0 Å². The van der Waals surface area contributed by atoms with Crippen molar-refractivity contribution in [3.8, 4) is 5.75 Å². The number of aliphatic hydroxyl groups excluding tert-OH is 3. The van der Waals surface area contributed by atoms with E-state index < -0.39 is 30.1 Å². The summed E-state index contributed by atoms with van der Waals surface area (Å²) >= 11 is 0. The van der Waals surface area contributed by atoms with Gasteiger partial charge >= 0.3 is 5.97 Å². The van der Waals surface area contributed by atoms with E-state index in [1.165, 1.54) is 12.1 Å². The molecule has 7 heteroatoms. The Balaban J connectivity index is 1.72. The van der Waals surface area contributed by atoms with E-state index in [4.69, 9.17) is 9.84 Å². The molecule has 5 atom stereocenters. The summed E-state index contributed by atoms with van der Waals surface area (Å²) in [7, 11) is 0. The Morgan fingerprint density at radius 3 is 2.41 bits per heavy atom. The first-order valence-corrected chi connectivity index (χ1v) is 10.5. The summed E-state index contributed by atoms with van der Waals surface area (Å²) < 4.78 is 18.9. The number of carbonyl (C=O) groups is 1. The van der Waals surface area contributed by atoms with Gasteiger partial charge < -0.3 is 25.2 Å². The van der Waals surface area contributed by atoms with Gasteiger partial charge in [0, 0.05) is 6.42 Å². The number of ether oxygens (including phenoxy) is 1. The lowest BCUT2D eigenvalue weighted by molar-refractivity contribution is -0.137. The van der Waals surface area contributed by atoms with Gasteiger partial charge in [-0.15, -0.1) is 0 Å². The van der Waals surface area contributed by atoms with Gasteiger partial charge in [0.1, 0.15) is 6.61 Å². The van der Waals surface area contributed by atoms with Crippen molar-refractivity contribution < 1.29 is 34.3 Å². The molecule has 1 aromatic rings. The van der Waals surface area contributed by atoms with Crippen molar-refractivity contribution in [2.45, 2.75) is 76.1 Å². The van der Waals surface area contributed by atoms with Gasteiger partial charge in [0.05, 0.1) is 18.3 Å². The molecule has 29 heavy (non-hydrogen) atoms. The quantitative estimate of drug-likeness (QED) is 0.371. The fraction of sp³-hybridized carbons (Fsp3) is 0.682. The number of rotatable bonds is 13. The van der Waals surface area contributed by atoms with Crippen LogP contribution in [0.5, 0.6) is 5.75 Å². The molecule has 1 aliphatic carbocycles. The summed E-state index contributed by atoms with van der Waals surface area (Å²) in [6.45, 7) is -0.0272. The molecule has 2 rings (SSSR count). The Bertz CT molecular complexity index is 625. The summed E-state index contributed by atoms with van der Waals surface area (Å²) in [5.41, 5.74) is 0. The summed E-state index contributed by atoms with van der Waals surface area (Å²) in [4.78, 5) is 10.5. The second-order valence-corrected chi connectivity index (χ2v) is 8.02. The smallest absolute Gasteiger partial charge is 0.303 e. The number of halogens is 1. The fourth-order valence-corrected chi connectivity index (χ4v) is 4.21. The lowest BCUT2D eigenvalue weighted by atomic mass is 9.85. The zero-order chi connectivity index (χ0) is 21.2. The van der Waals surface area contributed by atoms with Crippen LogP contribution in [0.3, 0.4) is 0 Å². The predicted octanol–water partition coefficient (Wildman–Crippen LogP) is 3.13. The molecule has 6 nitrogen and oxygen atoms in total. The maximum absolute atomic E-state index is 13.6. The average Bonchev–Trinajstić information content (AvgIpc) is 2.94. The van der Waals surface area contributed by atoms with Crippen molar-refractivity contribution in [1.82, 2.24) is 0 Å². The number of benzene rings is 1. The lowest BCUT2D eigenvalue weighted by Crippen LogP contribution is -2.25. The highest BCUT2D eigenvalue weighted by atomic mass is 19.1. The van der Waals surface area contributed by atoms with Gasteiger partial charge in [-0.25, -0.2) is 4.39 Å². The molecule has 0 bridgehead atoms. The largest absolute Gasteiger partial charge is 0.488 e. The van der Waals surface area contributed by atoms with Crippen LogP contribution in [0.25, 0.3) is 0 Å². The third kappa shape index (κ3) is 7.91. The standard InChI is InChI=1S/C22H33FO6/c23-18-8-5-6-9-21(18)29-14-15(24)11-12-17-16(19(25)13-20(17)26)7-3-1-2-4-10-22(27)28/h5-6,8-9,15-17,19-20,24-26H,1-4,7,10-14H2,(H,27,28)/t15?,16?,17-,19+,20-/m1/s1. The fourth-order valence-electron chi connectivity index (χ4n) is 4.21. The minimum atomic E-state index is -0.781. The maximum atomic E-state index is 13.6. The molecule has 1 saturated carbocycles. The summed E-state index contributed by atoms with van der Waals surface area (Å²) in [5, 5.41) is 39.4. The Morgan fingerprint density at radius 2 is 1.72 bits per heavy atom. The Labute approximate surface area is 171 Å². The maximum Gasteiger partial charge on any atom is 0.303 e. The number of carboxylic acid groups (broad SMARTS) is 1. The predicted molar refractivity (Wildman–Crippen MR) is 106 cm³/mol. The van der Waals surface area contributed by atoms with Gasteiger partial charge in [0.25, 0.3) is 0 Å². The number of para-hydroxylation sites is 1. The van der Waals surface area contributed by atoms with E-state index in [0.29, 0.717) is 25.7 Å². The first-order valence-electron chi connectivity index (χ1n) is 10.5. The van der Waals surface area contributed by atoms with Crippen LogP contribution < -0.4 is 4.74 Å². The number of hydrogen-bond acceptors (Lipinski definition) is 5. The molecule has 0 radical (unpaired) electrons. The van der Waals surface area contributed by atoms with E-state index in [9.17, 15) is 24.5 Å². The van der Waals surface area contributed by atoms with Gasteiger partial charge in [-0.2, -0.15) is 0 Å². The first kappa shape index (κ1) is 23.6. The molecule has 1 aliphatic rings. The molecule has 1 aromatic carbocycles. The van der Waals surface area contributed by atoms with Crippen LogP contribution in [0.1, 0.15) is 57.8 Å². The number of unbranched alkanes of at least 4 members (excludes halogenated alkanes) is 3. The van der Waals surface area contributed by atoms with Crippen LogP contribution in [-0.4, -0.2) is 51.3 Å². The number of carboxylic acids is 1. The molecular formula is C22H33FO6. The van der Waals surface area contributed by atoms with Crippen LogP contribution in [0.4, 0.5) is 4.39 Å². The van der Waals surface area contributed by atoms with Crippen molar-refractivity contribution in [3.63, 3.8) is 0 Å². The third-order valence-electron chi connectivity index (χ3n) is 5.80. The molecule has 0 spiro atoms. The van der Waals surface area contributed by atoms with Gasteiger partial charge in [-0.1, -0.05) is 31.4 Å². The van der Waals surface area contributed by atoms with Gasteiger partial charge in [-0.3, -0.25) is 4.79 Å². The molecule has 0 amide bonds. The zero-order valence-electron chi connectivity index (χ0n) is 16.8. The van der Waals surface area contributed by atoms with E-state index in [1.807, 2.05) is 0 Å². The van der Waals surface area contributed by atoms with Crippen molar-refractivity contribution in [2.24, 2.45) is 11.8 Å². The number of aliphatic carboxylic acids is 1. The molecule has 2 unspecified atom stereocenters. The molecule has 0 aromatic heterocycles. The second-order valence-electron chi connectivity index (χ2n) is 8.02. The molecule has 1 fully saturated rings. The lowest BCUT2D eigenvalue weighted by Gasteiger charge is -2.24. The van der Waals surface area contributed by atoms with Crippen LogP contribution in [0.15, 0.2) is 24.3 Å². The van der Waals surface area contributed by atoms with Crippen molar-refractivity contribution in [3.05, 3.63) is 30.1 Å². The second kappa shape index (κ2) is 12.1. The highest BCUT2D eigenvalue weighted by Gasteiger charge is 2.40. The number of aliphatic hydroxyl groups is 3. The average molecular weight is 412 g/mol. The van der Waals surface area contributed by atoms with E-state index in [2.05, 4.69) is 0 Å². The molecular weight excluding hydrogens is 379 g/mol. The SMILES string of the molecule is O=C(O)CCCCCCC1[C@@H](CCC(O)COc2ccccc2F)[C@H](O)C[C@@H]1O. The van der Waals surface area contributed by atoms with Crippen LogP contribution in [0, 0.1) is 17.7 Å². The van der Waals surface area contributed by atoms with E-state index in [-0.39, 0.29) is 30.6 Å². The van der Waals surface area contributed by atoms with Crippen LogP contribution >= 0.6 is 0 Å². The zero-order valence-corrected chi connectivity index (χ0v) is 16.8. The van der Waals surface area contributed by atoms with Crippen molar-refractivity contribution in [2.75, 3.05) is 6.61 Å². The van der Waals surface area contributed by atoms with Gasteiger partial charge in [0.15, 0.2) is 11.6 Å². The minimum absolute atomic E-state index is 0.0239. The van der Waals surface area contributed by atoms with E-state index >= 15 is 0 Å². The van der Waals surface area contributed by atoms with Crippen molar-refractivity contribution in [1.29, 1.82) is 0 Å². The number of hydrogen-bond donors (Lipinski definition) is 4. The van der Waals surface area contributed by atoms with E-state index in [1.54, 1.807) is 12.1 Å². The van der Waals surface area contributed by atoms with Gasteiger partial charge in [-0.05, 0) is 56.1 Å². The van der Waals surface area contributed by atoms with Crippen LogP contribution in [-0.2, 0) is 4.79 Å². The topological polar surface area (TPSA) is 107 Å². The minimum Gasteiger partial charge on any atom is -0.488 e. The summed E-state index contributed by atoms with van der Waals surface area (Å²) in [5.74, 6) is -1.27. The van der Waals surface area contributed by atoms with E-state index in [0.717, 1.165) is 25.7 Å². The normalized spacial score (nSPS) is 25.1. The summed E-state index contributed by atoms with van der Waals surface area (Å²) in [6, 6.07) is 6.03.